The monoisotopic (exact) mass is 351 g/mol. The highest BCUT2D eigenvalue weighted by Gasteiger charge is 2.49. The highest BCUT2D eigenvalue weighted by atomic mass is 16.6. The van der Waals surface area contributed by atoms with Crippen molar-refractivity contribution in [3.05, 3.63) is 32.6 Å². The predicted octanol–water partition coefficient (Wildman–Crippen LogP) is -0.623. The summed E-state index contributed by atoms with van der Waals surface area (Å²) in [6.45, 7) is 3.61. The van der Waals surface area contributed by atoms with Crippen molar-refractivity contribution in [2.75, 3.05) is 6.61 Å². The van der Waals surface area contributed by atoms with Gasteiger partial charge in [0.1, 0.15) is 18.6 Å². The number of H-pyrrole nitrogens is 1. The van der Waals surface area contributed by atoms with E-state index in [0.717, 1.165) is 11.5 Å². The molecule has 0 spiro atoms. The van der Waals surface area contributed by atoms with E-state index in [1.807, 2.05) is 6.07 Å². The molecule has 10 nitrogen and oxygen atoms in total. The lowest BCUT2D eigenvalue weighted by Crippen LogP contribution is -2.38. The Labute approximate surface area is 141 Å². The molecular weight excluding hydrogens is 334 g/mol. The van der Waals surface area contributed by atoms with E-state index in [1.54, 1.807) is 0 Å². The van der Waals surface area contributed by atoms with Gasteiger partial charge in [-0.1, -0.05) is 0 Å². The molecule has 1 aromatic heterocycles. The number of hydrogen-bond acceptors (Lipinski definition) is 8. The van der Waals surface area contributed by atoms with E-state index in [0.29, 0.717) is 0 Å². The zero-order valence-corrected chi connectivity index (χ0v) is 13.8. The number of hydrogen-bond donors (Lipinski definition) is 1. The molecule has 4 atom stereocenters. The number of nitriles is 1. The Morgan fingerprint density at radius 3 is 2.60 bits per heavy atom. The standard InChI is InChI=1S/C15H17N3O7/c1-7-5-18(15(22)17-13(7)21)14-12(24-9(3)20)10(4-16)11(25-14)6-23-8(2)19/h5,10-12,14H,6H2,1-3H3,(H,17,21,22)/t10-,11-,12-,14-/m1/s1. The number of aryl methyl sites for hydroxylation is 1. The van der Waals surface area contributed by atoms with Crippen LogP contribution < -0.4 is 11.2 Å². The lowest BCUT2D eigenvalue weighted by molar-refractivity contribution is -0.153. The SMILES string of the molecule is CC(=O)OC[C@H]1O[C@@H](n2cc(C)c(=O)[nH]c2=O)[C@H](OC(C)=O)[C@@H]1C#N. The van der Waals surface area contributed by atoms with Crippen molar-refractivity contribution < 1.29 is 23.8 Å². The van der Waals surface area contributed by atoms with Gasteiger partial charge < -0.3 is 14.2 Å². The molecule has 0 radical (unpaired) electrons. The first-order chi connectivity index (χ1) is 11.7. The minimum atomic E-state index is -1.14. The number of nitrogens with zero attached hydrogens (tertiary/aromatic N) is 2. The molecule has 0 saturated carbocycles. The molecule has 1 aliphatic heterocycles. The Kier molecular flexibility index (Phi) is 5.38. The predicted molar refractivity (Wildman–Crippen MR) is 81.3 cm³/mol. The minimum absolute atomic E-state index is 0.237. The second-order valence-electron chi connectivity index (χ2n) is 5.58. The van der Waals surface area contributed by atoms with E-state index in [1.165, 1.54) is 20.0 Å². The van der Waals surface area contributed by atoms with Crippen LogP contribution in [0.25, 0.3) is 0 Å². The molecule has 0 aliphatic carbocycles. The number of esters is 2. The van der Waals surface area contributed by atoms with Crippen LogP contribution in [0.1, 0.15) is 25.6 Å². The van der Waals surface area contributed by atoms with Crippen molar-refractivity contribution in [3.63, 3.8) is 0 Å². The van der Waals surface area contributed by atoms with E-state index in [-0.39, 0.29) is 12.2 Å². The fraction of sp³-hybridized carbons (Fsp3) is 0.533. The Balaban J connectivity index is 2.43. The van der Waals surface area contributed by atoms with Crippen LogP contribution in [0.15, 0.2) is 15.8 Å². The molecule has 0 bridgehead atoms. The maximum Gasteiger partial charge on any atom is 0.330 e. The molecule has 1 aromatic rings. The molecule has 10 heteroatoms. The Morgan fingerprint density at radius 2 is 2.04 bits per heavy atom. The summed E-state index contributed by atoms with van der Waals surface area (Å²) < 4.78 is 16.7. The molecule has 2 rings (SSSR count). The number of rotatable bonds is 4. The maximum atomic E-state index is 12.1. The second kappa shape index (κ2) is 7.31. The number of ether oxygens (including phenoxy) is 3. The van der Waals surface area contributed by atoms with Gasteiger partial charge in [-0.2, -0.15) is 5.26 Å². The first kappa shape index (κ1) is 18.4. The van der Waals surface area contributed by atoms with Crippen LogP contribution >= 0.6 is 0 Å². The highest BCUT2D eigenvalue weighted by Crippen LogP contribution is 2.35. The largest absolute Gasteiger partial charge is 0.463 e. The van der Waals surface area contributed by atoms with Crippen LogP contribution in [0.2, 0.25) is 0 Å². The number of aromatic nitrogens is 2. The van der Waals surface area contributed by atoms with Crippen LogP contribution in [0.4, 0.5) is 0 Å². The minimum Gasteiger partial charge on any atom is -0.463 e. The molecule has 1 fully saturated rings. The van der Waals surface area contributed by atoms with E-state index in [4.69, 9.17) is 14.2 Å². The van der Waals surface area contributed by atoms with Crippen LogP contribution in [0.5, 0.6) is 0 Å². The lowest BCUT2D eigenvalue weighted by atomic mass is 10.00. The first-order valence-corrected chi connectivity index (χ1v) is 7.42. The lowest BCUT2D eigenvalue weighted by Gasteiger charge is -2.21. The van der Waals surface area contributed by atoms with Gasteiger partial charge in [-0.3, -0.25) is 23.9 Å². The Hall–Kier alpha value is -2.93. The summed E-state index contributed by atoms with van der Waals surface area (Å²) in [6, 6.07) is 1.96. The fourth-order valence-electron chi connectivity index (χ4n) is 2.55. The average Bonchev–Trinajstić information content (AvgIpc) is 2.85. The summed E-state index contributed by atoms with van der Waals surface area (Å²) in [5.41, 5.74) is -1.10. The van der Waals surface area contributed by atoms with Gasteiger partial charge in [-0.25, -0.2) is 4.79 Å². The first-order valence-electron chi connectivity index (χ1n) is 7.42. The van der Waals surface area contributed by atoms with Crippen molar-refractivity contribution in [2.24, 2.45) is 5.92 Å². The van der Waals surface area contributed by atoms with Gasteiger partial charge in [-0.05, 0) is 6.92 Å². The molecular formula is C15H17N3O7. The molecule has 2 heterocycles. The number of aromatic amines is 1. The van der Waals surface area contributed by atoms with Crippen molar-refractivity contribution >= 4 is 11.9 Å². The molecule has 134 valence electrons. The molecule has 0 amide bonds. The molecule has 25 heavy (non-hydrogen) atoms. The summed E-state index contributed by atoms with van der Waals surface area (Å²) in [4.78, 5) is 48.1. The van der Waals surface area contributed by atoms with E-state index in [2.05, 4.69) is 4.98 Å². The second-order valence-corrected chi connectivity index (χ2v) is 5.58. The third kappa shape index (κ3) is 3.95. The Morgan fingerprint density at radius 1 is 1.36 bits per heavy atom. The van der Waals surface area contributed by atoms with Gasteiger partial charge >= 0.3 is 17.6 Å². The summed E-state index contributed by atoms with van der Waals surface area (Å²) in [7, 11) is 0. The third-order valence-corrected chi connectivity index (χ3v) is 3.67. The van der Waals surface area contributed by atoms with Crippen molar-refractivity contribution in [2.45, 2.75) is 39.2 Å². The molecule has 1 saturated heterocycles. The van der Waals surface area contributed by atoms with Gasteiger partial charge in [0, 0.05) is 25.6 Å². The Bertz CT molecular complexity index is 835. The summed E-state index contributed by atoms with van der Waals surface area (Å²) in [6.07, 6.45) is -1.89. The number of nitrogens with one attached hydrogen (secondary N) is 1. The number of carbonyl (C=O) groups excluding carboxylic acids is 2. The normalized spacial score (nSPS) is 25.2. The van der Waals surface area contributed by atoms with Gasteiger partial charge in [0.15, 0.2) is 12.3 Å². The zero-order chi connectivity index (χ0) is 18.7. The van der Waals surface area contributed by atoms with Crippen LogP contribution in [-0.4, -0.2) is 40.3 Å². The maximum absolute atomic E-state index is 12.1. The van der Waals surface area contributed by atoms with E-state index in [9.17, 15) is 24.4 Å². The molecule has 0 unspecified atom stereocenters. The average molecular weight is 351 g/mol. The molecule has 1 N–H and O–H groups in total. The van der Waals surface area contributed by atoms with Gasteiger partial charge in [-0.15, -0.1) is 0 Å². The van der Waals surface area contributed by atoms with Crippen LogP contribution in [0.3, 0.4) is 0 Å². The van der Waals surface area contributed by atoms with Crippen molar-refractivity contribution in [3.8, 4) is 6.07 Å². The highest BCUT2D eigenvalue weighted by molar-refractivity contribution is 5.66. The quantitative estimate of drug-likeness (QED) is 0.707. The van der Waals surface area contributed by atoms with Crippen molar-refractivity contribution in [1.82, 2.24) is 9.55 Å². The molecule has 1 aliphatic rings. The number of carbonyl (C=O) groups is 2. The van der Waals surface area contributed by atoms with Gasteiger partial charge in [0.05, 0.1) is 6.07 Å². The van der Waals surface area contributed by atoms with E-state index < -0.39 is 47.5 Å². The molecule has 0 aromatic carbocycles. The topological polar surface area (TPSA) is 140 Å². The summed E-state index contributed by atoms with van der Waals surface area (Å²) in [5.74, 6) is -2.20. The van der Waals surface area contributed by atoms with Crippen LogP contribution in [-0.2, 0) is 23.8 Å². The summed E-state index contributed by atoms with van der Waals surface area (Å²) >= 11 is 0. The zero-order valence-electron chi connectivity index (χ0n) is 13.8. The summed E-state index contributed by atoms with van der Waals surface area (Å²) in [5, 5.41) is 9.41. The third-order valence-electron chi connectivity index (χ3n) is 3.67. The van der Waals surface area contributed by atoms with E-state index >= 15 is 0 Å². The smallest absolute Gasteiger partial charge is 0.330 e. The van der Waals surface area contributed by atoms with Crippen LogP contribution in [0, 0.1) is 24.2 Å². The fourth-order valence-corrected chi connectivity index (χ4v) is 2.55. The van der Waals surface area contributed by atoms with Crippen molar-refractivity contribution in [1.29, 1.82) is 5.26 Å². The van der Waals surface area contributed by atoms with Gasteiger partial charge in [0.2, 0.25) is 0 Å². The van der Waals surface area contributed by atoms with Gasteiger partial charge in [0.25, 0.3) is 5.56 Å².